The van der Waals surface area contributed by atoms with E-state index in [9.17, 15) is 33.6 Å². The van der Waals surface area contributed by atoms with Crippen LogP contribution >= 0.6 is 0 Å². The van der Waals surface area contributed by atoms with Crippen molar-refractivity contribution >= 4 is 47.4 Å². The van der Waals surface area contributed by atoms with Gasteiger partial charge in [0, 0.05) is 44.8 Å². The summed E-state index contributed by atoms with van der Waals surface area (Å²) in [7, 11) is 0. The van der Waals surface area contributed by atoms with Crippen LogP contribution in [0.3, 0.4) is 0 Å². The Morgan fingerprint density at radius 1 is 0.773 bits per heavy atom. The van der Waals surface area contributed by atoms with Gasteiger partial charge in [-0.25, -0.2) is 4.79 Å². The van der Waals surface area contributed by atoms with Crippen molar-refractivity contribution in [2.75, 3.05) is 26.2 Å². The van der Waals surface area contributed by atoms with Gasteiger partial charge >= 0.3 is 6.03 Å². The third kappa shape index (κ3) is 15.0. The number of primary amides is 1. The zero-order chi connectivity index (χ0) is 33.1. The van der Waals surface area contributed by atoms with E-state index in [-0.39, 0.29) is 56.7 Å². The standard InChI is InChI=1S/C27H46N10O7/c1-3-31-24(42)18(9-8-15-33-27(30)44)36-23(41)17(2)34-25(43)19(10-7-14-32-26(28)29)35-20(38)11-5-4-6-16-37-21(39)12-13-22(37)40/h12-13,17-19H,3-11,14-16H2,1-2H3,(H,31,42)(H,34,43)(H,35,38)(H,36,41)(H4,28,29,32)(H3,30,33,44)/t17-,18-,19-/m0/s1. The Morgan fingerprint density at radius 2 is 1.36 bits per heavy atom. The van der Waals surface area contributed by atoms with Crippen molar-refractivity contribution in [2.45, 2.75) is 83.3 Å². The highest BCUT2D eigenvalue weighted by Crippen LogP contribution is 2.08. The summed E-state index contributed by atoms with van der Waals surface area (Å²) in [6.07, 6.45) is 5.23. The number of likely N-dealkylation sites (N-methyl/N-ethyl adjacent to an activating group) is 1. The lowest BCUT2D eigenvalue weighted by Gasteiger charge is -2.23. The highest BCUT2D eigenvalue weighted by Gasteiger charge is 2.27. The van der Waals surface area contributed by atoms with Gasteiger partial charge in [-0.2, -0.15) is 0 Å². The van der Waals surface area contributed by atoms with Gasteiger partial charge in [0.15, 0.2) is 5.96 Å². The molecule has 44 heavy (non-hydrogen) atoms. The van der Waals surface area contributed by atoms with E-state index < -0.39 is 47.8 Å². The van der Waals surface area contributed by atoms with Crippen molar-refractivity contribution in [3.8, 4) is 0 Å². The molecule has 0 radical (unpaired) electrons. The molecule has 0 aromatic carbocycles. The number of hydrogen-bond donors (Lipinski definition) is 9. The topological polar surface area (TPSA) is 271 Å². The zero-order valence-electron chi connectivity index (χ0n) is 25.3. The van der Waals surface area contributed by atoms with Crippen LogP contribution in [-0.4, -0.2) is 96.6 Å². The fraction of sp³-hybridized carbons (Fsp3) is 0.630. The Bertz CT molecular complexity index is 1060. The molecule has 1 aliphatic heterocycles. The lowest BCUT2D eigenvalue weighted by molar-refractivity contribution is -0.137. The first kappa shape index (κ1) is 37.3. The number of amides is 8. The third-order valence-electron chi connectivity index (χ3n) is 6.53. The van der Waals surface area contributed by atoms with Crippen LogP contribution in [0, 0.1) is 5.41 Å². The molecule has 1 aliphatic rings. The second-order valence-electron chi connectivity index (χ2n) is 10.2. The van der Waals surface area contributed by atoms with Gasteiger partial charge in [0.25, 0.3) is 11.8 Å². The summed E-state index contributed by atoms with van der Waals surface area (Å²) in [5.74, 6) is -2.99. The summed E-state index contributed by atoms with van der Waals surface area (Å²) < 4.78 is 0. The normalized spacial score (nSPS) is 14.3. The molecule has 0 spiro atoms. The van der Waals surface area contributed by atoms with E-state index in [1.807, 2.05) is 0 Å². The largest absolute Gasteiger partial charge is 0.370 e. The van der Waals surface area contributed by atoms with Crippen molar-refractivity contribution in [1.82, 2.24) is 36.8 Å². The molecule has 0 unspecified atom stereocenters. The SMILES string of the molecule is CCNC(=O)[C@H](CCCNC(N)=O)NC(=O)[C@H](C)NC(=O)[C@H](CCCNC(=N)N)NC(=O)CCCCCN1C(=O)C=CC1=O. The van der Waals surface area contributed by atoms with Gasteiger partial charge < -0.3 is 43.4 Å². The highest BCUT2D eigenvalue weighted by atomic mass is 16.2. The van der Waals surface area contributed by atoms with Crippen LogP contribution in [0.25, 0.3) is 0 Å². The van der Waals surface area contributed by atoms with Crippen LogP contribution in [0.2, 0.25) is 0 Å². The van der Waals surface area contributed by atoms with E-state index in [0.717, 1.165) is 4.90 Å². The van der Waals surface area contributed by atoms with Crippen molar-refractivity contribution < 1.29 is 33.6 Å². The molecular weight excluding hydrogens is 576 g/mol. The van der Waals surface area contributed by atoms with Gasteiger partial charge in [0.05, 0.1) is 0 Å². The minimum Gasteiger partial charge on any atom is -0.370 e. The number of hydrogen-bond acceptors (Lipinski definition) is 8. The van der Waals surface area contributed by atoms with Gasteiger partial charge in [-0.1, -0.05) is 6.42 Å². The van der Waals surface area contributed by atoms with Crippen molar-refractivity contribution in [2.24, 2.45) is 11.5 Å². The van der Waals surface area contributed by atoms with Crippen molar-refractivity contribution in [3.05, 3.63) is 12.2 Å². The Labute approximate surface area is 256 Å². The van der Waals surface area contributed by atoms with Gasteiger partial charge in [0.2, 0.25) is 23.6 Å². The Morgan fingerprint density at radius 3 is 1.93 bits per heavy atom. The fourth-order valence-corrected chi connectivity index (χ4v) is 4.21. The first-order valence-electron chi connectivity index (χ1n) is 14.7. The summed E-state index contributed by atoms with van der Waals surface area (Å²) >= 11 is 0. The minimum atomic E-state index is -1.05. The number of urea groups is 1. The molecule has 0 aromatic heterocycles. The summed E-state index contributed by atoms with van der Waals surface area (Å²) in [5, 5.41) is 22.8. The number of nitrogens with zero attached hydrogens (tertiary/aromatic N) is 1. The molecule has 1 rings (SSSR count). The Balaban J connectivity index is 2.68. The van der Waals surface area contributed by atoms with E-state index in [2.05, 4.69) is 31.9 Å². The second kappa shape index (κ2) is 20.2. The predicted octanol–water partition coefficient (Wildman–Crippen LogP) is -2.21. The molecule has 0 fully saturated rings. The summed E-state index contributed by atoms with van der Waals surface area (Å²) in [6, 6.07) is -3.66. The molecule has 246 valence electrons. The van der Waals surface area contributed by atoms with Crippen LogP contribution in [0.5, 0.6) is 0 Å². The molecule has 17 heteroatoms. The number of rotatable bonds is 21. The Kier molecular flexibility index (Phi) is 17.2. The number of nitrogens with one attached hydrogen (secondary N) is 7. The van der Waals surface area contributed by atoms with E-state index in [0.29, 0.717) is 38.6 Å². The van der Waals surface area contributed by atoms with E-state index in [1.54, 1.807) is 6.92 Å². The van der Waals surface area contributed by atoms with Crippen LogP contribution in [0.15, 0.2) is 12.2 Å². The van der Waals surface area contributed by atoms with Gasteiger partial charge in [0.1, 0.15) is 18.1 Å². The molecule has 8 amide bonds. The molecule has 3 atom stereocenters. The van der Waals surface area contributed by atoms with E-state index in [4.69, 9.17) is 16.9 Å². The molecule has 0 aliphatic carbocycles. The van der Waals surface area contributed by atoms with Crippen LogP contribution in [-0.2, 0) is 28.8 Å². The number of carbonyl (C=O) groups excluding carboxylic acids is 7. The van der Waals surface area contributed by atoms with Crippen molar-refractivity contribution in [3.63, 3.8) is 0 Å². The first-order chi connectivity index (χ1) is 20.8. The molecule has 1 heterocycles. The number of imide groups is 1. The highest BCUT2D eigenvalue weighted by molar-refractivity contribution is 6.12. The quantitative estimate of drug-likeness (QED) is 0.0290. The van der Waals surface area contributed by atoms with Crippen LogP contribution < -0.4 is 43.4 Å². The predicted molar refractivity (Wildman–Crippen MR) is 160 cm³/mol. The average Bonchev–Trinajstić information content (AvgIpc) is 3.27. The van der Waals surface area contributed by atoms with Gasteiger partial charge in [-0.15, -0.1) is 0 Å². The monoisotopic (exact) mass is 622 g/mol. The van der Waals surface area contributed by atoms with Gasteiger partial charge in [-0.3, -0.25) is 39.1 Å². The third-order valence-corrected chi connectivity index (χ3v) is 6.53. The molecule has 11 N–H and O–H groups in total. The molecule has 0 saturated heterocycles. The second-order valence-corrected chi connectivity index (χ2v) is 10.2. The average molecular weight is 623 g/mol. The summed E-state index contributed by atoms with van der Waals surface area (Å²) in [6.45, 7) is 4.26. The molecule has 0 saturated carbocycles. The van der Waals surface area contributed by atoms with Crippen LogP contribution in [0.4, 0.5) is 4.79 Å². The lowest BCUT2D eigenvalue weighted by atomic mass is 10.1. The first-order valence-corrected chi connectivity index (χ1v) is 14.7. The van der Waals surface area contributed by atoms with Crippen LogP contribution in [0.1, 0.15) is 65.2 Å². The maximum Gasteiger partial charge on any atom is 0.312 e. The number of unbranched alkanes of at least 4 members (excludes halogenated alkanes) is 2. The molecular formula is C27H46N10O7. The summed E-state index contributed by atoms with van der Waals surface area (Å²) in [5.41, 5.74) is 10.3. The number of guanidine groups is 1. The molecule has 0 aromatic rings. The van der Waals surface area contributed by atoms with E-state index in [1.165, 1.54) is 19.1 Å². The summed E-state index contributed by atoms with van der Waals surface area (Å²) in [4.78, 5) is 86.3. The zero-order valence-corrected chi connectivity index (χ0v) is 25.3. The Hall–Kier alpha value is -4.70. The molecule has 0 bridgehead atoms. The number of carbonyl (C=O) groups is 7. The number of nitrogens with two attached hydrogens (primary N) is 2. The maximum absolute atomic E-state index is 13.1. The maximum atomic E-state index is 13.1. The van der Waals surface area contributed by atoms with Crippen molar-refractivity contribution in [1.29, 1.82) is 5.41 Å². The minimum absolute atomic E-state index is 0.102. The van der Waals surface area contributed by atoms with Gasteiger partial charge in [-0.05, 0) is 52.4 Å². The fourth-order valence-electron chi connectivity index (χ4n) is 4.21. The smallest absolute Gasteiger partial charge is 0.312 e. The lowest BCUT2D eigenvalue weighted by Crippen LogP contribution is -2.56. The van der Waals surface area contributed by atoms with E-state index >= 15 is 0 Å². The molecule has 17 nitrogen and oxygen atoms in total.